The summed E-state index contributed by atoms with van der Waals surface area (Å²) in [6, 6.07) is 50.8. The summed E-state index contributed by atoms with van der Waals surface area (Å²) in [5.41, 5.74) is 21.9. The van der Waals surface area contributed by atoms with Crippen LogP contribution in [0.2, 0.25) is 0 Å². The van der Waals surface area contributed by atoms with Crippen LogP contribution in [0.4, 0.5) is 28.4 Å². The quantitative estimate of drug-likeness (QED) is 0.141. The molecular weight excluding hydrogens is 737 g/mol. The molecule has 8 aromatic carbocycles. The van der Waals surface area contributed by atoms with Gasteiger partial charge in [0.1, 0.15) is 0 Å². The normalized spacial score (nSPS) is 15.5. The van der Waals surface area contributed by atoms with E-state index in [-0.39, 0.29) is 6.04 Å². The van der Waals surface area contributed by atoms with Crippen LogP contribution in [0.15, 0.2) is 168 Å². The van der Waals surface area contributed by atoms with Gasteiger partial charge in [0.25, 0.3) is 0 Å². The van der Waals surface area contributed by atoms with Crippen LogP contribution in [0.1, 0.15) is 72.6 Å². The van der Waals surface area contributed by atoms with Crippen LogP contribution in [-0.2, 0) is 0 Å². The number of hydrogen-bond donors (Lipinski definition) is 0. The second-order valence-corrected chi connectivity index (χ2v) is 17.8. The van der Waals surface area contributed by atoms with E-state index in [2.05, 4.69) is 217 Å². The molecular formula is C59H54N2. The largest absolute Gasteiger partial charge is 0.330 e. The van der Waals surface area contributed by atoms with Gasteiger partial charge in [-0.25, -0.2) is 0 Å². The van der Waals surface area contributed by atoms with Crippen LogP contribution < -0.4 is 9.80 Å². The van der Waals surface area contributed by atoms with E-state index in [0.29, 0.717) is 0 Å². The molecule has 300 valence electrons. The van der Waals surface area contributed by atoms with Gasteiger partial charge in [-0.15, -0.1) is 0 Å². The van der Waals surface area contributed by atoms with Crippen molar-refractivity contribution in [3.05, 3.63) is 207 Å². The summed E-state index contributed by atoms with van der Waals surface area (Å²) in [5, 5.41) is 7.62. The highest BCUT2D eigenvalue weighted by atomic mass is 15.2. The van der Waals surface area contributed by atoms with Crippen molar-refractivity contribution >= 4 is 71.9 Å². The Morgan fingerprint density at radius 1 is 0.508 bits per heavy atom. The van der Waals surface area contributed by atoms with Crippen molar-refractivity contribution in [1.82, 2.24) is 0 Å². The maximum atomic E-state index is 2.61. The van der Waals surface area contributed by atoms with Crippen molar-refractivity contribution in [3.63, 3.8) is 0 Å². The first-order valence-corrected chi connectivity index (χ1v) is 21.9. The van der Waals surface area contributed by atoms with Gasteiger partial charge in [-0.05, 0) is 182 Å². The third-order valence-corrected chi connectivity index (χ3v) is 13.5. The Balaban J connectivity index is 1.21. The molecule has 0 saturated carbocycles. The molecule has 0 spiro atoms. The number of aryl methyl sites for hydroxylation is 5. The Hall–Kier alpha value is -6.64. The molecule has 0 bridgehead atoms. The lowest BCUT2D eigenvalue weighted by atomic mass is 9.87. The first-order valence-electron chi connectivity index (χ1n) is 21.9. The Morgan fingerprint density at radius 3 is 1.74 bits per heavy atom. The number of nitrogens with zero attached hydrogens (tertiary/aromatic N) is 2. The summed E-state index contributed by atoms with van der Waals surface area (Å²) < 4.78 is 0. The third-order valence-electron chi connectivity index (χ3n) is 13.5. The summed E-state index contributed by atoms with van der Waals surface area (Å²) in [5.74, 6) is 0. The van der Waals surface area contributed by atoms with Crippen LogP contribution in [0, 0.1) is 34.6 Å². The number of rotatable bonds is 8. The van der Waals surface area contributed by atoms with E-state index in [0.717, 1.165) is 18.5 Å². The van der Waals surface area contributed by atoms with Crippen molar-refractivity contribution in [2.45, 2.75) is 74.3 Å². The first-order chi connectivity index (χ1) is 29.6. The predicted molar refractivity (Wildman–Crippen MR) is 265 cm³/mol. The number of allylic oxidation sites excluding steroid dienone is 6. The van der Waals surface area contributed by atoms with E-state index < -0.39 is 0 Å². The molecule has 8 aromatic rings. The summed E-state index contributed by atoms with van der Waals surface area (Å²) in [6.07, 6.45) is 9.31. The Labute approximate surface area is 361 Å². The van der Waals surface area contributed by atoms with Gasteiger partial charge in [0.05, 0.1) is 11.7 Å². The Morgan fingerprint density at radius 2 is 1.10 bits per heavy atom. The molecule has 0 radical (unpaired) electrons. The van der Waals surface area contributed by atoms with Crippen molar-refractivity contribution in [2.75, 3.05) is 9.80 Å². The Kier molecular flexibility index (Phi) is 9.56. The zero-order valence-electron chi connectivity index (χ0n) is 36.8. The molecule has 61 heavy (non-hydrogen) atoms. The molecule has 10 rings (SSSR count). The van der Waals surface area contributed by atoms with E-state index in [9.17, 15) is 0 Å². The van der Waals surface area contributed by atoms with Gasteiger partial charge in [-0.3, -0.25) is 0 Å². The van der Waals surface area contributed by atoms with E-state index in [1.54, 1.807) is 0 Å². The van der Waals surface area contributed by atoms with Crippen LogP contribution in [-0.4, -0.2) is 6.04 Å². The van der Waals surface area contributed by atoms with Crippen LogP contribution in [0.5, 0.6) is 0 Å². The standard InChI is InChI=1S/C59H54N2/c1-36-15-26-47(27-16-36)60(54-35-46(21-19-38(54)3)55-39(4)11-9-12-40(55)5)52-33-24-44-23-32-50-53(34-25-45-22-31-49(52)57(44)58(45)50)61(48-28-17-37(2)18-29-48)59-43(8)20-30-51(59)56-41(6)13-10-14-42(56)7/h10-11,13-35,59H,9,12H2,1-8H3. The highest BCUT2D eigenvalue weighted by Crippen LogP contribution is 2.49. The van der Waals surface area contributed by atoms with Crippen molar-refractivity contribution in [1.29, 1.82) is 0 Å². The lowest BCUT2D eigenvalue weighted by molar-refractivity contribution is 0.917. The molecule has 0 heterocycles. The highest BCUT2D eigenvalue weighted by molar-refractivity contribution is 6.28. The van der Waals surface area contributed by atoms with Crippen molar-refractivity contribution < 1.29 is 0 Å². The van der Waals surface area contributed by atoms with E-state index in [4.69, 9.17) is 0 Å². The smallest absolute Gasteiger partial charge is 0.0811 e. The van der Waals surface area contributed by atoms with E-state index >= 15 is 0 Å². The number of hydrogen-bond acceptors (Lipinski definition) is 2. The molecule has 2 nitrogen and oxygen atoms in total. The summed E-state index contributed by atoms with van der Waals surface area (Å²) in [4.78, 5) is 5.12. The molecule has 0 aromatic heterocycles. The predicted octanol–water partition coefficient (Wildman–Crippen LogP) is 16.7. The van der Waals surface area contributed by atoms with Gasteiger partial charge in [0, 0.05) is 33.5 Å². The van der Waals surface area contributed by atoms with Crippen molar-refractivity contribution in [3.8, 4) is 0 Å². The molecule has 0 saturated heterocycles. The average molecular weight is 791 g/mol. The second-order valence-electron chi connectivity index (χ2n) is 17.8. The average Bonchev–Trinajstić information content (AvgIpc) is 3.62. The molecule has 1 atom stereocenters. The number of anilines is 5. The van der Waals surface area contributed by atoms with Gasteiger partial charge in [-0.1, -0.05) is 126 Å². The maximum Gasteiger partial charge on any atom is 0.0811 e. The summed E-state index contributed by atoms with van der Waals surface area (Å²) in [7, 11) is 0. The molecule has 2 aliphatic carbocycles. The minimum Gasteiger partial charge on any atom is -0.330 e. The second kappa shape index (κ2) is 15.1. The zero-order valence-corrected chi connectivity index (χ0v) is 36.8. The molecule has 2 heteroatoms. The lowest BCUT2D eigenvalue weighted by Crippen LogP contribution is -2.32. The van der Waals surface area contributed by atoms with Gasteiger partial charge >= 0.3 is 0 Å². The summed E-state index contributed by atoms with van der Waals surface area (Å²) in [6.45, 7) is 18.0. The van der Waals surface area contributed by atoms with Gasteiger partial charge in [-0.2, -0.15) is 0 Å². The van der Waals surface area contributed by atoms with Gasteiger partial charge in [0.2, 0.25) is 0 Å². The maximum absolute atomic E-state index is 2.61. The van der Waals surface area contributed by atoms with Crippen LogP contribution in [0.3, 0.4) is 0 Å². The SMILES string of the molecule is CC1=CCCC(C)=C1c1ccc(C)c(N(c2ccc(C)cc2)c2ccc3ccc4c(N(c5ccc(C)cc5)C5C(C)=CC=C5c5c(C)cccc5C)ccc5ccc2c3c54)c1. The molecule has 0 fully saturated rings. The molecule has 0 amide bonds. The van der Waals surface area contributed by atoms with Crippen LogP contribution >= 0.6 is 0 Å². The minimum absolute atomic E-state index is 0.0326. The lowest BCUT2D eigenvalue weighted by Gasteiger charge is -2.36. The molecule has 1 unspecified atom stereocenters. The van der Waals surface area contributed by atoms with Crippen molar-refractivity contribution in [2.24, 2.45) is 0 Å². The monoisotopic (exact) mass is 790 g/mol. The fourth-order valence-corrected chi connectivity index (χ4v) is 10.4. The molecule has 0 N–H and O–H groups in total. The van der Waals surface area contributed by atoms with Crippen LogP contribution in [0.25, 0.3) is 43.5 Å². The Bertz CT molecular complexity index is 3130. The van der Waals surface area contributed by atoms with Gasteiger partial charge in [0.15, 0.2) is 0 Å². The molecule has 0 aliphatic heterocycles. The highest BCUT2D eigenvalue weighted by Gasteiger charge is 2.32. The fraction of sp³-hybridized carbons (Fsp3) is 0.186. The minimum atomic E-state index is 0.0326. The van der Waals surface area contributed by atoms with Gasteiger partial charge < -0.3 is 9.80 Å². The topological polar surface area (TPSA) is 6.48 Å². The molecule has 2 aliphatic rings. The summed E-state index contributed by atoms with van der Waals surface area (Å²) >= 11 is 0. The fourth-order valence-electron chi connectivity index (χ4n) is 10.4. The number of benzene rings is 8. The third kappa shape index (κ3) is 6.48. The van der Waals surface area contributed by atoms with E-state index in [1.165, 1.54) is 122 Å². The zero-order chi connectivity index (χ0) is 42.1. The van der Waals surface area contributed by atoms with E-state index in [1.807, 2.05) is 0 Å². The first kappa shape index (κ1) is 38.6.